The van der Waals surface area contributed by atoms with Crippen LogP contribution in [-0.2, 0) is 16.1 Å². The molecule has 0 aromatic heterocycles. The van der Waals surface area contributed by atoms with E-state index in [1.165, 1.54) is 5.56 Å². The SMILES string of the molecule is O=C(CC1CCCO1)Nc1cccc(CN2CCC(O)CC2)c1. The lowest BCUT2D eigenvalue weighted by molar-refractivity contribution is -0.118. The Morgan fingerprint density at radius 3 is 2.87 bits per heavy atom. The van der Waals surface area contributed by atoms with Crippen LogP contribution in [0.1, 0.15) is 37.7 Å². The van der Waals surface area contributed by atoms with Crippen molar-refractivity contribution in [2.45, 2.75) is 50.9 Å². The summed E-state index contributed by atoms with van der Waals surface area (Å²) in [6.45, 7) is 3.49. The first kappa shape index (κ1) is 16.4. The summed E-state index contributed by atoms with van der Waals surface area (Å²) >= 11 is 0. The Balaban J connectivity index is 1.51. The number of nitrogens with one attached hydrogen (secondary N) is 1. The van der Waals surface area contributed by atoms with Crippen molar-refractivity contribution >= 4 is 11.6 Å². The van der Waals surface area contributed by atoms with E-state index < -0.39 is 0 Å². The van der Waals surface area contributed by atoms with E-state index in [1.54, 1.807) is 0 Å². The molecular weight excluding hydrogens is 292 g/mol. The Morgan fingerprint density at radius 1 is 1.30 bits per heavy atom. The van der Waals surface area contributed by atoms with Crippen LogP contribution in [0, 0.1) is 0 Å². The first-order valence-corrected chi connectivity index (χ1v) is 8.60. The second-order valence-electron chi connectivity index (χ2n) is 6.60. The van der Waals surface area contributed by atoms with Crippen LogP contribution in [0.2, 0.25) is 0 Å². The highest BCUT2D eigenvalue weighted by Gasteiger charge is 2.19. The van der Waals surface area contributed by atoms with E-state index in [9.17, 15) is 9.90 Å². The smallest absolute Gasteiger partial charge is 0.226 e. The minimum atomic E-state index is -0.144. The van der Waals surface area contributed by atoms with Gasteiger partial charge < -0.3 is 15.2 Å². The van der Waals surface area contributed by atoms with E-state index in [0.717, 1.165) is 57.6 Å². The Bertz CT molecular complexity index is 521. The van der Waals surface area contributed by atoms with E-state index in [-0.39, 0.29) is 18.1 Å². The summed E-state index contributed by atoms with van der Waals surface area (Å²) in [6.07, 6.45) is 4.10. The van der Waals surface area contributed by atoms with Gasteiger partial charge in [-0.15, -0.1) is 0 Å². The van der Waals surface area contributed by atoms with Gasteiger partial charge in [0.25, 0.3) is 0 Å². The van der Waals surface area contributed by atoms with Crippen molar-refractivity contribution in [3.63, 3.8) is 0 Å². The van der Waals surface area contributed by atoms with Gasteiger partial charge in [0.2, 0.25) is 5.91 Å². The molecular formula is C18H26N2O3. The van der Waals surface area contributed by atoms with Crippen molar-refractivity contribution in [3.8, 4) is 0 Å². The fourth-order valence-electron chi connectivity index (χ4n) is 3.31. The summed E-state index contributed by atoms with van der Waals surface area (Å²) in [5.41, 5.74) is 2.04. The van der Waals surface area contributed by atoms with Crippen molar-refractivity contribution < 1.29 is 14.6 Å². The maximum absolute atomic E-state index is 12.1. The molecule has 1 aromatic carbocycles. The van der Waals surface area contributed by atoms with Crippen molar-refractivity contribution in [2.24, 2.45) is 0 Å². The van der Waals surface area contributed by atoms with Gasteiger partial charge >= 0.3 is 0 Å². The first-order chi connectivity index (χ1) is 11.2. The molecule has 0 bridgehead atoms. The van der Waals surface area contributed by atoms with E-state index in [0.29, 0.717) is 6.42 Å². The van der Waals surface area contributed by atoms with Crippen LogP contribution in [0.5, 0.6) is 0 Å². The molecule has 2 saturated heterocycles. The first-order valence-electron chi connectivity index (χ1n) is 8.60. The summed E-state index contributed by atoms with van der Waals surface area (Å²) < 4.78 is 5.51. The average molecular weight is 318 g/mol. The molecule has 1 amide bonds. The van der Waals surface area contributed by atoms with Crippen LogP contribution in [0.4, 0.5) is 5.69 Å². The number of ether oxygens (including phenoxy) is 1. The van der Waals surface area contributed by atoms with Gasteiger partial charge in [-0.2, -0.15) is 0 Å². The fraction of sp³-hybridized carbons (Fsp3) is 0.611. The number of hydrogen-bond acceptors (Lipinski definition) is 4. The molecule has 1 unspecified atom stereocenters. The lowest BCUT2D eigenvalue weighted by Gasteiger charge is -2.29. The number of hydrogen-bond donors (Lipinski definition) is 2. The zero-order chi connectivity index (χ0) is 16.1. The van der Waals surface area contributed by atoms with Crippen LogP contribution >= 0.6 is 0 Å². The number of amides is 1. The van der Waals surface area contributed by atoms with Gasteiger partial charge in [0.1, 0.15) is 0 Å². The molecule has 3 rings (SSSR count). The predicted molar refractivity (Wildman–Crippen MR) is 89.2 cm³/mol. The number of rotatable bonds is 5. The van der Waals surface area contributed by atoms with Crippen molar-refractivity contribution in [1.82, 2.24) is 4.90 Å². The standard InChI is InChI=1S/C18H26N2O3/c21-16-6-8-20(9-7-16)13-14-3-1-4-15(11-14)19-18(22)12-17-5-2-10-23-17/h1,3-4,11,16-17,21H,2,5-10,12-13H2,(H,19,22). The number of piperidine rings is 1. The molecule has 5 heteroatoms. The second-order valence-corrected chi connectivity index (χ2v) is 6.60. The fourth-order valence-corrected chi connectivity index (χ4v) is 3.31. The number of carbonyl (C=O) groups excluding carboxylic acids is 1. The minimum Gasteiger partial charge on any atom is -0.393 e. The molecule has 0 radical (unpaired) electrons. The van der Waals surface area contributed by atoms with Gasteiger partial charge in [-0.3, -0.25) is 9.69 Å². The number of nitrogens with zero attached hydrogens (tertiary/aromatic N) is 1. The zero-order valence-electron chi connectivity index (χ0n) is 13.5. The molecule has 2 N–H and O–H groups in total. The van der Waals surface area contributed by atoms with Crippen LogP contribution in [0.25, 0.3) is 0 Å². The van der Waals surface area contributed by atoms with Crippen molar-refractivity contribution in [3.05, 3.63) is 29.8 Å². The normalized spacial score (nSPS) is 23.1. The Labute approximate surface area is 137 Å². The van der Waals surface area contributed by atoms with Gasteiger partial charge in [-0.1, -0.05) is 12.1 Å². The number of aliphatic hydroxyl groups excluding tert-OH is 1. The van der Waals surface area contributed by atoms with Crippen LogP contribution in [-0.4, -0.2) is 47.8 Å². The van der Waals surface area contributed by atoms with Crippen molar-refractivity contribution in [2.75, 3.05) is 25.0 Å². The number of benzene rings is 1. The molecule has 2 heterocycles. The van der Waals surface area contributed by atoms with Gasteiger partial charge in [-0.05, 0) is 43.4 Å². The Hall–Kier alpha value is -1.43. The van der Waals surface area contributed by atoms with Crippen LogP contribution in [0.15, 0.2) is 24.3 Å². The van der Waals surface area contributed by atoms with Crippen molar-refractivity contribution in [1.29, 1.82) is 0 Å². The molecule has 2 aliphatic rings. The third-order valence-electron chi connectivity index (χ3n) is 4.61. The maximum atomic E-state index is 12.1. The molecule has 5 nitrogen and oxygen atoms in total. The highest BCUT2D eigenvalue weighted by atomic mass is 16.5. The maximum Gasteiger partial charge on any atom is 0.226 e. The van der Waals surface area contributed by atoms with Gasteiger partial charge in [0.05, 0.1) is 18.6 Å². The quantitative estimate of drug-likeness (QED) is 0.873. The Morgan fingerprint density at radius 2 is 2.13 bits per heavy atom. The van der Waals surface area contributed by atoms with E-state index in [4.69, 9.17) is 4.74 Å². The highest BCUT2D eigenvalue weighted by molar-refractivity contribution is 5.91. The molecule has 1 aromatic rings. The van der Waals surface area contributed by atoms with Crippen LogP contribution < -0.4 is 5.32 Å². The third kappa shape index (κ3) is 5.03. The second kappa shape index (κ2) is 7.90. The number of carbonyl (C=O) groups is 1. The van der Waals surface area contributed by atoms with Crippen LogP contribution in [0.3, 0.4) is 0 Å². The molecule has 2 aliphatic heterocycles. The lowest BCUT2D eigenvalue weighted by Crippen LogP contribution is -2.35. The molecule has 0 saturated carbocycles. The molecule has 1 atom stereocenters. The monoisotopic (exact) mass is 318 g/mol. The number of likely N-dealkylation sites (tertiary alicyclic amines) is 1. The lowest BCUT2D eigenvalue weighted by atomic mass is 10.1. The van der Waals surface area contributed by atoms with E-state index in [2.05, 4.69) is 16.3 Å². The summed E-state index contributed by atoms with van der Waals surface area (Å²) in [7, 11) is 0. The van der Waals surface area contributed by atoms with E-state index >= 15 is 0 Å². The van der Waals surface area contributed by atoms with Gasteiger partial charge in [0.15, 0.2) is 0 Å². The highest BCUT2D eigenvalue weighted by Crippen LogP contribution is 2.19. The molecule has 2 fully saturated rings. The van der Waals surface area contributed by atoms with E-state index in [1.807, 2.05) is 18.2 Å². The molecule has 126 valence electrons. The molecule has 0 spiro atoms. The molecule has 0 aliphatic carbocycles. The zero-order valence-corrected chi connectivity index (χ0v) is 13.5. The number of aliphatic hydroxyl groups is 1. The van der Waals surface area contributed by atoms with Gasteiger partial charge in [-0.25, -0.2) is 0 Å². The summed E-state index contributed by atoms with van der Waals surface area (Å²) in [5, 5.41) is 12.5. The summed E-state index contributed by atoms with van der Waals surface area (Å²) in [4.78, 5) is 14.4. The average Bonchev–Trinajstić information content (AvgIpc) is 3.03. The third-order valence-corrected chi connectivity index (χ3v) is 4.61. The number of anilines is 1. The topological polar surface area (TPSA) is 61.8 Å². The minimum absolute atomic E-state index is 0.0233. The largest absolute Gasteiger partial charge is 0.393 e. The Kier molecular flexibility index (Phi) is 5.65. The van der Waals surface area contributed by atoms with Gasteiger partial charge in [0, 0.05) is 31.9 Å². The molecule has 23 heavy (non-hydrogen) atoms. The summed E-state index contributed by atoms with van der Waals surface area (Å²) in [5.74, 6) is 0.0233. The predicted octanol–water partition coefficient (Wildman–Crippen LogP) is 2.15. The summed E-state index contributed by atoms with van der Waals surface area (Å²) in [6, 6.07) is 8.03.